The minimum atomic E-state index is -0.682. The lowest BCUT2D eigenvalue weighted by Gasteiger charge is -2.34. The number of fused-ring (bicyclic) bond motifs is 12. The first-order valence-corrected chi connectivity index (χ1v) is 17.8. The molecular formula is C38H44N6O6. The van der Waals surface area contributed by atoms with Crippen LogP contribution in [0.1, 0.15) is 71.7 Å². The van der Waals surface area contributed by atoms with E-state index in [0.29, 0.717) is 86.3 Å². The van der Waals surface area contributed by atoms with E-state index in [1.165, 1.54) is 0 Å². The van der Waals surface area contributed by atoms with Crippen molar-refractivity contribution in [2.75, 3.05) is 31.1 Å². The highest BCUT2D eigenvalue weighted by Gasteiger charge is 2.43. The molecule has 3 atom stereocenters. The number of para-hydroxylation sites is 3. The number of hydrogen-bond acceptors (Lipinski definition) is 10. The fourth-order valence-corrected chi connectivity index (χ4v) is 7.57. The van der Waals surface area contributed by atoms with E-state index >= 15 is 0 Å². The number of nitrogens with zero attached hydrogens (tertiary/aromatic N) is 6. The number of benzene rings is 2. The summed E-state index contributed by atoms with van der Waals surface area (Å²) in [6, 6.07) is 15.8. The zero-order chi connectivity index (χ0) is 34.6. The Hall–Kier alpha value is -4.71. The number of esters is 1. The van der Waals surface area contributed by atoms with Crippen molar-refractivity contribution in [3.05, 3.63) is 54.4 Å². The first-order chi connectivity index (χ1) is 24.1. The molecule has 2 fully saturated rings. The zero-order valence-electron chi connectivity index (χ0n) is 29.1. The molecule has 3 aromatic heterocycles. The molecule has 12 nitrogen and oxygen atoms in total. The van der Waals surface area contributed by atoms with Crippen LogP contribution >= 0.6 is 0 Å². The molecule has 12 heteroatoms. The zero-order valence-corrected chi connectivity index (χ0v) is 29.1. The van der Waals surface area contributed by atoms with Crippen LogP contribution in [0.3, 0.4) is 0 Å². The molecule has 7 heterocycles. The van der Waals surface area contributed by atoms with Crippen LogP contribution in [-0.2, 0) is 25.5 Å². The number of rotatable bonds is 1. The summed E-state index contributed by atoms with van der Waals surface area (Å²) >= 11 is 0. The molecule has 4 aliphatic rings. The van der Waals surface area contributed by atoms with E-state index in [1.54, 1.807) is 0 Å². The van der Waals surface area contributed by atoms with Gasteiger partial charge < -0.3 is 28.4 Å². The number of piperidine rings is 1. The number of amides is 1. The van der Waals surface area contributed by atoms with Gasteiger partial charge in [-0.15, -0.1) is 0 Å². The Bertz CT molecular complexity index is 2060. The first kappa shape index (κ1) is 32.5. The SMILES string of the molecule is C[C@@H]1CC(=O)N2CCC(CC2)n2c(nc3ccccc32)O[C@H]2C[C@@H](C(=O)OC(C)(C)C)N(C2)c2nc(nc3c2oc2ccccc23)CCCO1. The van der Waals surface area contributed by atoms with Crippen molar-refractivity contribution in [3.63, 3.8) is 0 Å². The van der Waals surface area contributed by atoms with E-state index in [0.717, 1.165) is 29.3 Å². The van der Waals surface area contributed by atoms with Crippen LogP contribution in [-0.4, -0.2) is 86.4 Å². The lowest BCUT2D eigenvalue weighted by atomic mass is 10.0. The Labute approximate surface area is 290 Å². The molecule has 2 aromatic carbocycles. The first-order valence-electron chi connectivity index (χ1n) is 17.8. The van der Waals surface area contributed by atoms with Crippen molar-refractivity contribution >= 4 is 50.8 Å². The average Bonchev–Trinajstić information content (AvgIpc) is 3.79. The van der Waals surface area contributed by atoms with E-state index in [-0.39, 0.29) is 24.0 Å². The van der Waals surface area contributed by atoms with Gasteiger partial charge in [-0.05, 0) is 71.2 Å². The van der Waals surface area contributed by atoms with Gasteiger partial charge in [0.05, 0.1) is 30.1 Å². The van der Waals surface area contributed by atoms with Gasteiger partial charge in [0.2, 0.25) is 5.91 Å². The van der Waals surface area contributed by atoms with E-state index in [4.69, 9.17) is 33.6 Å². The van der Waals surface area contributed by atoms with Crippen LogP contribution in [0.2, 0.25) is 0 Å². The Morgan fingerprint density at radius 1 is 1.00 bits per heavy atom. The molecule has 5 aromatic rings. The van der Waals surface area contributed by atoms with Gasteiger partial charge in [-0.1, -0.05) is 24.3 Å². The van der Waals surface area contributed by atoms with Crippen LogP contribution in [0.5, 0.6) is 6.01 Å². The molecule has 0 aliphatic carbocycles. The van der Waals surface area contributed by atoms with E-state index in [1.807, 2.05) is 80.0 Å². The maximum atomic E-state index is 14.0. The summed E-state index contributed by atoms with van der Waals surface area (Å²) in [7, 11) is 0. The van der Waals surface area contributed by atoms with Gasteiger partial charge in [0.1, 0.15) is 34.7 Å². The fraction of sp³-hybridized carbons (Fsp3) is 0.500. The molecule has 262 valence electrons. The molecule has 2 saturated heterocycles. The molecule has 0 spiro atoms. The Kier molecular flexibility index (Phi) is 8.37. The molecule has 0 N–H and O–H groups in total. The Balaban J connectivity index is 1.23. The molecular weight excluding hydrogens is 636 g/mol. The van der Waals surface area contributed by atoms with Crippen LogP contribution < -0.4 is 9.64 Å². The molecule has 6 bridgehead atoms. The minimum absolute atomic E-state index is 0.0967. The van der Waals surface area contributed by atoms with Gasteiger partial charge >= 0.3 is 5.97 Å². The van der Waals surface area contributed by atoms with Gasteiger partial charge in [0, 0.05) is 44.0 Å². The normalized spacial score (nSPS) is 23.7. The number of aromatic nitrogens is 4. The summed E-state index contributed by atoms with van der Waals surface area (Å²) in [4.78, 5) is 46.2. The topological polar surface area (TPSA) is 125 Å². The number of anilines is 1. The number of carbonyl (C=O) groups is 2. The lowest BCUT2D eigenvalue weighted by Crippen LogP contribution is -2.41. The quantitative estimate of drug-likeness (QED) is 0.195. The van der Waals surface area contributed by atoms with E-state index in [9.17, 15) is 9.59 Å². The van der Waals surface area contributed by atoms with Crippen molar-refractivity contribution in [2.45, 2.75) is 96.1 Å². The van der Waals surface area contributed by atoms with Crippen LogP contribution in [0, 0.1) is 0 Å². The molecule has 0 saturated carbocycles. The van der Waals surface area contributed by atoms with Gasteiger partial charge in [-0.25, -0.2) is 14.8 Å². The van der Waals surface area contributed by atoms with Crippen molar-refractivity contribution in [3.8, 4) is 6.01 Å². The summed E-state index contributed by atoms with van der Waals surface area (Å²) in [6.07, 6.45) is 2.87. The van der Waals surface area contributed by atoms with Crippen molar-refractivity contribution in [2.24, 2.45) is 0 Å². The number of imidazole rings is 1. The summed E-state index contributed by atoms with van der Waals surface area (Å²) in [5, 5.41) is 0.879. The number of furan rings is 1. The highest BCUT2D eigenvalue weighted by atomic mass is 16.6. The summed E-state index contributed by atoms with van der Waals surface area (Å²) in [5.41, 5.74) is 3.06. The summed E-state index contributed by atoms with van der Waals surface area (Å²) in [6.45, 7) is 9.72. The molecule has 1 amide bonds. The van der Waals surface area contributed by atoms with Crippen molar-refractivity contribution in [1.82, 2.24) is 24.4 Å². The number of hydrogen-bond donors (Lipinski definition) is 0. The van der Waals surface area contributed by atoms with Crippen LogP contribution in [0.25, 0.3) is 33.1 Å². The molecule has 9 rings (SSSR count). The number of aryl methyl sites for hydroxylation is 1. The third kappa shape index (κ3) is 6.25. The third-order valence-corrected chi connectivity index (χ3v) is 9.89. The summed E-state index contributed by atoms with van der Waals surface area (Å²) in [5.74, 6) is 0.929. The summed E-state index contributed by atoms with van der Waals surface area (Å²) < 4.78 is 27.5. The predicted molar refractivity (Wildman–Crippen MR) is 188 cm³/mol. The van der Waals surface area contributed by atoms with Gasteiger partial charge in [-0.2, -0.15) is 4.98 Å². The maximum absolute atomic E-state index is 14.0. The number of ether oxygens (including phenoxy) is 3. The standard InChI is InChI=1S/C38H44N6O6/c1-23-20-32(45)42-17-15-24(16-18-42)44-28-12-7-6-11-27(28)39-37(44)48-25-21-29(36(46)50-38(2,3)4)43(22-25)35-34-33(26-10-5-8-13-30(26)49-34)40-31(41-35)14-9-19-47-23/h5-8,10-13,23-25,29H,9,14-22H2,1-4H3/t23-,25+,29+/m1/s1. The van der Waals surface area contributed by atoms with Gasteiger partial charge in [-0.3, -0.25) is 9.36 Å². The molecule has 0 unspecified atom stereocenters. The smallest absolute Gasteiger partial charge is 0.329 e. The van der Waals surface area contributed by atoms with Crippen LogP contribution in [0.15, 0.2) is 52.9 Å². The Morgan fingerprint density at radius 3 is 2.60 bits per heavy atom. The van der Waals surface area contributed by atoms with Crippen LogP contribution in [0.4, 0.5) is 5.82 Å². The highest BCUT2D eigenvalue weighted by Crippen LogP contribution is 2.39. The molecule has 0 radical (unpaired) electrons. The predicted octanol–water partition coefficient (Wildman–Crippen LogP) is 6.00. The second-order valence-corrected chi connectivity index (χ2v) is 14.8. The largest absolute Gasteiger partial charge is 0.459 e. The molecule has 4 aliphatic heterocycles. The Morgan fingerprint density at radius 2 is 1.78 bits per heavy atom. The van der Waals surface area contributed by atoms with E-state index < -0.39 is 17.7 Å². The average molecular weight is 681 g/mol. The third-order valence-electron chi connectivity index (χ3n) is 9.89. The van der Waals surface area contributed by atoms with E-state index in [2.05, 4.69) is 10.6 Å². The second kappa shape index (κ2) is 12.9. The van der Waals surface area contributed by atoms with Gasteiger partial charge in [0.15, 0.2) is 11.4 Å². The fourth-order valence-electron chi connectivity index (χ4n) is 7.57. The second-order valence-electron chi connectivity index (χ2n) is 14.8. The monoisotopic (exact) mass is 680 g/mol. The lowest BCUT2D eigenvalue weighted by molar-refractivity contribution is -0.156. The maximum Gasteiger partial charge on any atom is 0.329 e. The molecule has 50 heavy (non-hydrogen) atoms. The highest BCUT2D eigenvalue weighted by molar-refractivity contribution is 6.06. The number of carbonyl (C=O) groups excluding carboxylic acids is 2. The van der Waals surface area contributed by atoms with Gasteiger partial charge in [0.25, 0.3) is 6.01 Å². The minimum Gasteiger partial charge on any atom is -0.459 e. The van der Waals surface area contributed by atoms with Crippen molar-refractivity contribution in [1.29, 1.82) is 0 Å². The van der Waals surface area contributed by atoms with Crippen molar-refractivity contribution < 1.29 is 28.2 Å².